The second-order valence-corrected chi connectivity index (χ2v) is 14.9. The maximum atomic E-state index is 14.1. The fraction of sp³-hybridized carbons (Fsp3) is 0.600. The van der Waals surface area contributed by atoms with Crippen molar-refractivity contribution in [3.05, 3.63) is 42.1 Å². The van der Waals surface area contributed by atoms with Gasteiger partial charge in [0, 0.05) is 50.9 Å². The summed E-state index contributed by atoms with van der Waals surface area (Å²) in [5, 5.41) is 2.78. The second-order valence-electron chi connectivity index (χ2n) is 12.7. The molecule has 5 rings (SSSR count). The number of anilines is 1. The highest BCUT2D eigenvalue weighted by atomic mass is 31.2. The number of hydrogen-bond acceptors (Lipinski definition) is 12. The van der Waals surface area contributed by atoms with Crippen molar-refractivity contribution in [1.82, 2.24) is 25.1 Å². The fourth-order valence-electron chi connectivity index (χ4n) is 6.63. The molecular weight excluding hydrogens is 679 g/mol. The predicted molar refractivity (Wildman–Crippen MR) is 188 cm³/mol. The number of ether oxygens (including phenoxy) is 2. The van der Waals surface area contributed by atoms with E-state index >= 15 is 0 Å². The van der Waals surface area contributed by atoms with E-state index < -0.39 is 37.7 Å². The SMILES string of the molecule is CCCCOC(=O)N1CCN(C(=O)[C@H](CP(=O)(OCC)OCC)NC(=O)c2cc(N3C[C@@H]4[C@H](C3)[C@H]4C(=O)OCC)nc(-c3ccccc3)n2)CC1. The van der Waals surface area contributed by atoms with Crippen LogP contribution in [0.4, 0.5) is 10.6 Å². The van der Waals surface area contributed by atoms with Gasteiger partial charge in [-0.05, 0) is 39.0 Å². The molecule has 3 aliphatic rings. The van der Waals surface area contributed by atoms with Gasteiger partial charge in [-0.2, -0.15) is 0 Å². The van der Waals surface area contributed by atoms with E-state index in [1.54, 1.807) is 31.7 Å². The number of esters is 1. The molecule has 1 N–H and O–H groups in total. The first kappa shape index (κ1) is 38.2. The number of rotatable bonds is 16. The fourth-order valence-corrected chi connectivity index (χ4v) is 8.40. The van der Waals surface area contributed by atoms with Crippen LogP contribution in [0.25, 0.3) is 11.4 Å². The van der Waals surface area contributed by atoms with Gasteiger partial charge in [-0.15, -0.1) is 0 Å². The lowest BCUT2D eigenvalue weighted by molar-refractivity contribution is -0.145. The minimum atomic E-state index is -3.80. The molecule has 51 heavy (non-hydrogen) atoms. The molecule has 4 atom stereocenters. The lowest BCUT2D eigenvalue weighted by atomic mass is 10.2. The predicted octanol–water partition coefficient (Wildman–Crippen LogP) is 3.83. The number of fused-ring (bicyclic) bond motifs is 1. The van der Waals surface area contributed by atoms with E-state index in [-0.39, 0.29) is 68.8 Å². The highest BCUT2D eigenvalue weighted by Crippen LogP contribution is 2.53. The third kappa shape index (κ3) is 9.43. The summed E-state index contributed by atoms with van der Waals surface area (Å²) < 4.78 is 35.3. The van der Waals surface area contributed by atoms with Crippen LogP contribution in [0, 0.1) is 17.8 Å². The molecule has 3 heterocycles. The molecule has 0 spiro atoms. The largest absolute Gasteiger partial charge is 0.466 e. The summed E-state index contributed by atoms with van der Waals surface area (Å²) in [6.45, 7) is 10.00. The third-order valence-electron chi connectivity index (χ3n) is 9.29. The standard InChI is InChI=1S/C35H49N6O9P/c1-5-9-19-48-35(45)40-17-15-39(16-18-40)33(43)28(23-51(46,49-7-3)50-8-4)37-32(42)27-20-29(38-31(36-27)24-13-11-10-12-14-24)41-21-25-26(22-41)30(25)34(44)47-6-2/h10-14,20,25-26,28,30H,5-9,15-19,21-23H2,1-4H3,(H,37,42)/t25-,26+,28-,30+/m0/s1. The summed E-state index contributed by atoms with van der Waals surface area (Å²) in [4.78, 5) is 67.5. The van der Waals surface area contributed by atoms with Crippen molar-refractivity contribution in [2.24, 2.45) is 17.8 Å². The van der Waals surface area contributed by atoms with Crippen molar-refractivity contribution in [1.29, 1.82) is 0 Å². The first-order valence-electron chi connectivity index (χ1n) is 17.9. The van der Waals surface area contributed by atoms with Crippen LogP contribution in [0.5, 0.6) is 0 Å². The summed E-state index contributed by atoms with van der Waals surface area (Å²) in [5.41, 5.74) is 0.708. The van der Waals surface area contributed by atoms with E-state index in [2.05, 4.69) is 10.3 Å². The van der Waals surface area contributed by atoms with Crippen LogP contribution in [0.1, 0.15) is 51.0 Å². The molecule has 2 aliphatic heterocycles. The zero-order valence-electron chi connectivity index (χ0n) is 29.8. The molecule has 278 valence electrons. The zero-order valence-corrected chi connectivity index (χ0v) is 30.7. The molecule has 0 radical (unpaired) electrons. The smallest absolute Gasteiger partial charge is 0.409 e. The Morgan fingerprint density at radius 3 is 2.14 bits per heavy atom. The van der Waals surface area contributed by atoms with Gasteiger partial charge in [-0.3, -0.25) is 18.9 Å². The van der Waals surface area contributed by atoms with Crippen molar-refractivity contribution >= 4 is 37.3 Å². The Balaban J connectivity index is 1.37. The van der Waals surface area contributed by atoms with Crippen molar-refractivity contribution in [2.45, 2.75) is 46.6 Å². The molecule has 0 unspecified atom stereocenters. The highest BCUT2D eigenvalue weighted by molar-refractivity contribution is 7.54. The molecule has 1 aromatic carbocycles. The quantitative estimate of drug-likeness (QED) is 0.151. The summed E-state index contributed by atoms with van der Waals surface area (Å²) in [6.07, 6.45) is 0.836. The molecule has 1 saturated carbocycles. The van der Waals surface area contributed by atoms with Crippen molar-refractivity contribution in [3.8, 4) is 11.4 Å². The van der Waals surface area contributed by atoms with Gasteiger partial charge in [0.25, 0.3) is 5.91 Å². The van der Waals surface area contributed by atoms with Crippen LogP contribution in [-0.4, -0.2) is 122 Å². The van der Waals surface area contributed by atoms with Crippen LogP contribution in [0.15, 0.2) is 36.4 Å². The Bertz CT molecular complexity index is 1570. The monoisotopic (exact) mass is 728 g/mol. The molecule has 3 fully saturated rings. The van der Waals surface area contributed by atoms with Crippen molar-refractivity contribution in [2.75, 3.05) is 76.8 Å². The van der Waals surface area contributed by atoms with Crippen LogP contribution in [0.3, 0.4) is 0 Å². The van der Waals surface area contributed by atoms with E-state index in [0.717, 1.165) is 12.8 Å². The summed E-state index contributed by atoms with van der Waals surface area (Å²) in [7, 11) is -3.80. The molecule has 15 nitrogen and oxygen atoms in total. The number of carbonyl (C=O) groups is 4. The lowest BCUT2D eigenvalue weighted by Crippen LogP contribution is -2.57. The number of carbonyl (C=O) groups excluding carboxylic acids is 4. The Morgan fingerprint density at radius 2 is 1.53 bits per heavy atom. The van der Waals surface area contributed by atoms with Crippen molar-refractivity contribution in [3.63, 3.8) is 0 Å². The Labute approximate surface area is 298 Å². The van der Waals surface area contributed by atoms with Gasteiger partial charge < -0.3 is 38.5 Å². The van der Waals surface area contributed by atoms with Gasteiger partial charge >= 0.3 is 19.7 Å². The number of amides is 3. The van der Waals surface area contributed by atoms with E-state index in [4.69, 9.17) is 23.5 Å². The molecule has 0 bridgehead atoms. The van der Waals surface area contributed by atoms with Crippen LogP contribution in [-0.2, 0) is 32.7 Å². The summed E-state index contributed by atoms with van der Waals surface area (Å²) in [5.74, 6) is -0.342. The third-order valence-corrected chi connectivity index (χ3v) is 11.4. The minimum absolute atomic E-state index is 0.0152. The molecule has 3 amide bonds. The van der Waals surface area contributed by atoms with Crippen LogP contribution < -0.4 is 10.2 Å². The normalized spacial score (nSPS) is 20.4. The van der Waals surface area contributed by atoms with Gasteiger partial charge in [0.1, 0.15) is 17.6 Å². The van der Waals surface area contributed by atoms with Gasteiger partial charge in [-0.25, -0.2) is 14.8 Å². The Hall–Kier alpha value is -4.07. The molecule has 16 heteroatoms. The van der Waals surface area contributed by atoms with Gasteiger partial charge in [0.15, 0.2) is 5.82 Å². The second kappa shape index (κ2) is 17.4. The number of unbranched alkanes of at least 4 members (excludes halogenated alkanes) is 1. The van der Waals surface area contributed by atoms with Crippen LogP contribution >= 0.6 is 7.60 Å². The highest BCUT2D eigenvalue weighted by Gasteiger charge is 2.60. The number of nitrogens with zero attached hydrogens (tertiary/aromatic N) is 5. The van der Waals surface area contributed by atoms with Gasteiger partial charge in [0.05, 0.1) is 38.5 Å². The zero-order chi connectivity index (χ0) is 36.5. The van der Waals surface area contributed by atoms with E-state index in [1.807, 2.05) is 42.2 Å². The number of piperazine rings is 1. The maximum absolute atomic E-state index is 14.1. The summed E-state index contributed by atoms with van der Waals surface area (Å²) >= 11 is 0. The molecule has 1 aliphatic carbocycles. The Morgan fingerprint density at radius 1 is 0.882 bits per heavy atom. The van der Waals surface area contributed by atoms with Crippen molar-refractivity contribution < 1.29 is 42.3 Å². The Kier molecular flexibility index (Phi) is 13.0. The minimum Gasteiger partial charge on any atom is -0.466 e. The average Bonchev–Trinajstić information content (AvgIpc) is 3.64. The number of nitrogens with one attached hydrogen (secondary N) is 1. The number of hydrogen-bond donors (Lipinski definition) is 1. The molecule has 1 aromatic heterocycles. The maximum Gasteiger partial charge on any atom is 0.409 e. The molecule has 2 saturated heterocycles. The van der Waals surface area contributed by atoms with Crippen LogP contribution in [0.2, 0.25) is 0 Å². The first-order valence-corrected chi connectivity index (χ1v) is 19.6. The molecular formula is C35H49N6O9P. The van der Waals surface area contributed by atoms with E-state index in [1.165, 1.54) is 4.90 Å². The molecule has 2 aromatic rings. The van der Waals surface area contributed by atoms with Gasteiger partial charge in [0.2, 0.25) is 5.91 Å². The lowest BCUT2D eigenvalue weighted by Gasteiger charge is -2.36. The first-order chi connectivity index (χ1) is 24.6. The topological polar surface area (TPSA) is 170 Å². The number of benzene rings is 1. The van der Waals surface area contributed by atoms with E-state index in [0.29, 0.717) is 43.5 Å². The average molecular weight is 729 g/mol. The number of aromatic nitrogens is 2. The van der Waals surface area contributed by atoms with Gasteiger partial charge in [-0.1, -0.05) is 43.7 Å². The summed E-state index contributed by atoms with van der Waals surface area (Å²) in [6, 6.07) is 9.52. The van der Waals surface area contributed by atoms with E-state index in [9.17, 15) is 23.7 Å². The number of piperidine rings is 1.